The van der Waals surface area contributed by atoms with Crippen molar-refractivity contribution in [2.75, 3.05) is 11.1 Å². The minimum absolute atomic E-state index is 0.295. The van der Waals surface area contributed by atoms with Gasteiger partial charge in [0.15, 0.2) is 11.5 Å². The molecule has 0 aliphatic carbocycles. The molecule has 0 radical (unpaired) electrons. The Hall–Kier alpha value is -0.790. The van der Waals surface area contributed by atoms with Crippen molar-refractivity contribution in [1.29, 1.82) is 0 Å². The molecule has 0 bridgehead atoms. The molecule has 0 spiro atoms. The lowest BCUT2D eigenvalue weighted by Crippen LogP contribution is -1.97. The van der Waals surface area contributed by atoms with Gasteiger partial charge in [0.2, 0.25) is 0 Å². The third-order valence-electron chi connectivity index (χ3n) is 1.05. The summed E-state index contributed by atoms with van der Waals surface area (Å²) in [6, 6.07) is 0. The van der Waals surface area contributed by atoms with E-state index in [4.69, 9.17) is 17.3 Å². The minimum atomic E-state index is 0.295. The zero-order chi connectivity index (χ0) is 8.97. The van der Waals surface area contributed by atoms with E-state index in [1.54, 1.807) is 0 Å². The molecule has 2 N–H and O–H groups in total. The molecule has 1 aromatic rings. The van der Waals surface area contributed by atoms with Crippen LogP contribution in [0, 0.1) is 11.8 Å². The largest absolute Gasteiger partial charge is 0.381 e. The second-order valence-electron chi connectivity index (χ2n) is 1.86. The SMILES string of the molecule is Nc1ncc(Cl)nc1C#CCBr. The fraction of sp³-hybridized carbons (Fsp3) is 0.143. The van der Waals surface area contributed by atoms with Crippen molar-refractivity contribution in [3.8, 4) is 11.8 Å². The summed E-state index contributed by atoms with van der Waals surface area (Å²) in [5, 5.41) is 0.865. The summed E-state index contributed by atoms with van der Waals surface area (Å²) in [6.07, 6.45) is 1.39. The summed E-state index contributed by atoms with van der Waals surface area (Å²) in [5.74, 6) is 5.78. The summed E-state index contributed by atoms with van der Waals surface area (Å²) in [7, 11) is 0. The zero-order valence-corrected chi connectivity index (χ0v) is 8.35. The molecule has 12 heavy (non-hydrogen) atoms. The number of hydrogen-bond donors (Lipinski definition) is 1. The van der Waals surface area contributed by atoms with Gasteiger partial charge in [-0.05, 0) is 5.92 Å². The van der Waals surface area contributed by atoms with Gasteiger partial charge < -0.3 is 5.73 Å². The number of halogens is 2. The van der Waals surface area contributed by atoms with Gasteiger partial charge in [-0.1, -0.05) is 33.5 Å². The third-order valence-corrected chi connectivity index (χ3v) is 1.51. The molecule has 1 rings (SSSR count). The average Bonchev–Trinajstić information content (AvgIpc) is 2.07. The number of rotatable bonds is 0. The first-order chi connectivity index (χ1) is 5.74. The summed E-state index contributed by atoms with van der Waals surface area (Å²) >= 11 is 8.74. The van der Waals surface area contributed by atoms with Crippen LogP contribution < -0.4 is 5.73 Å². The van der Waals surface area contributed by atoms with Crippen LogP contribution >= 0.6 is 27.5 Å². The maximum Gasteiger partial charge on any atom is 0.158 e. The topological polar surface area (TPSA) is 51.8 Å². The van der Waals surface area contributed by atoms with Crippen molar-refractivity contribution in [1.82, 2.24) is 9.97 Å². The van der Waals surface area contributed by atoms with Gasteiger partial charge in [0, 0.05) is 0 Å². The Labute approximate surface area is 83.5 Å². The van der Waals surface area contributed by atoms with Gasteiger partial charge >= 0.3 is 0 Å². The van der Waals surface area contributed by atoms with Crippen LogP contribution in [0.15, 0.2) is 6.20 Å². The first-order valence-corrected chi connectivity index (χ1v) is 4.57. The lowest BCUT2D eigenvalue weighted by atomic mass is 10.4. The molecule has 1 aromatic heterocycles. The molecular weight excluding hydrogens is 241 g/mol. The number of nitrogens with zero attached hydrogens (tertiary/aromatic N) is 2. The minimum Gasteiger partial charge on any atom is -0.381 e. The molecule has 0 saturated heterocycles. The van der Waals surface area contributed by atoms with E-state index in [2.05, 4.69) is 37.7 Å². The van der Waals surface area contributed by atoms with Crippen molar-refractivity contribution >= 4 is 33.3 Å². The summed E-state index contributed by atoms with van der Waals surface area (Å²) in [5.41, 5.74) is 5.90. The zero-order valence-electron chi connectivity index (χ0n) is 6.01. The highest BCUT2D eigenvalue weighted by molar-refractivity contribution is 9.09. The van der Waals surface area contributed by atoms with Crippen molar-refractivity contribution in [2.24, 2.45) is 0 Å². The second-order valence-corrected chi connectivity index (χ2v) is 2.81. The maximum absolute atomic E-state index is 5.59. The smallest absolute Gasteiger partial charge is 0.158 e. The predicted octanol–water partition coefficient (Wildman–Crippen LogP) is 1.46. The van der Waals surface area contributed by atoms with E-state index in [1.807, 2.05) is 0 Å². The molecule has 0 aliphatic heterocycles. The van der Waals surface area contributed by atoms with Crippen LogP contribution in [0.4, 0.5) is 5.82 Å². The van der Waals surface area contributed by atoms with Crippen LogP contribution in [0.5, 0.6) is 0 Å². The normalized spacial score (nSPS) is 8.83. The highest BCUT2D eigenvalue weighted by Crippen LogP contribution is 2.07. The monoisotopic (exact) mass is 245 g/mol. The van der Waals surface area contributed by atoms with Crippen molar-refractivity contribution in [3.63, 3.8) is 0 Å². The maximum atomic E-state index is 5.59. The van der Waals surface area contributed by atoms with Gasteiger partial charge in [0.05, 0.1) is 11.5 Å². The van der Waals surface area contributed by atoms with Crippen molar-refractivity contribution < 1.29 is 0 Å². The summed E-state index contributed by atoms with van der Waals surface area (Å²) in [6.45, 7) is 0. The van der Waals surface area contributed by atoms with Crippen LogP contribution in [0.25, 0.3) is 0 Å². The van der Waals surface area contributed by atoms with Gasteiger partial charge in [-0.15, -0.1) is 0 Å². The van der Waals surface area contributed by atoms with Gasteiger partial charge in [-0.2, -0.15) is 0 Å². The van der Waals surface area contributed by atoms with Gasteiger partial charge in [-0.3, -0.25) is 0 Å². The molecule has 3 nitrogen and oxygen atoms in total. The highest BCUT2D eigenvalue weighted by atomic mass is 79.9. The van der Waals surface area contributed by atoms with E-state index >= 15 is 0 Å². The average molecular weight is 246 g/mol. The standard InChI is InChI=1S/C7H5BrClN3/c8-3-1-2-5-7(10)11-4-6(9)12-5/h4H,3H2,(H2,10,11). The van der Waals surface area contributed by atoms with Gasteiger partial charge in [0.25, 0.3) is 0 Å². The van der Waals surface area contributed by atoms with Crippen LogP contribution in [-0.2, 0) is 0 Å². The lowest BCUT2D eigenvalue weighted by molar-refractivity contribution is 1.18. The fourth-order valence-electron chi connectivity index (χ4n) is 0.586. The van der Waals surface area contributed by atoms with E-state index in [-0.39, 0.29) is 0 Å². The van der Waals surface area contributed by atoms with Crippen LogP contribution in [0.3, 0.4) is 0 Å². The molecule has 1 heterocycles. The summed E-state index contributed by atoms with van der Waals surface area (Å²) < 4.78 is 0. The Morgan fingerprint density at radius 1 is 1.67 bits per heavy atom. The lowest BCUT2D eigenvalue weighted by Gasteiger charge is -1.94. The molecular formula is C7H5BrClN3. The van der Waals surface area contributed by atoms with Crippen LogP contribution in [0.2, 0.25) is 5.15 Å². The molecule has 0 atom stereocenters. The number of nitrogens with two attached hydrogens (primary N) is 1. The Bertz CT molecular complexity index is 342. The van der Waals surface area contributed by atoms with E-state index in [0.717, 1.165) is 0 Å². The molecule has 5 heteroatoms. The van der Waals surface area contributed by atoms with Crippen molar-refractivity contribution in [2.45, 2.75) is 0 Å². The van der Waals surface area contributed by atoms with Crippen molar-refractivity contribution in [3.05, 3.63) is 17.0 Å². The first kappa shape index (κ1) is 9.30. The number of alkyl halides is 1. The van der Waals surface area contributed by atoms with E-state index in [1.165, 1.54) is 6.20 Å². The molecule has 62 valence electrons. The van der Waals surface area contributed by atoms with Gasteiger partial charge in [0.1, 0.15) is 5.15 Å². The highest BCUT2D eigenvalue weighted by Gasteiger charge is 1.98. The number of aromatic nitrogens is 2. The van der Waals surface area contributed by atoms with E-state index in [9.17, 15) is 0 Å². The van der Waals surface area contributed by atoms with Gasteiger partial charge in [-0.25, -0.2) is 9.97 Å². The Morgan fingerprint density at radius 2 is 2.42 bits per heavy atom. The molecule has 0 saturated carbocycles. The predicted molar refractivity (Wildman–Crippen MR) is 52.1 cm³/mol. The molecule has 0 fully saturated rings. The molecule has 0 unspecified atom stereocenters. The molecule has 0 aromatic carbocycles. The number of anilines is 1. The molecule has 0 aliphatic rings. The summed E-state index contributed by atoms with van der Waals surface area (Å²) in [4.78, 5) is 7.69. The third kappa shape index (κ3) is 2.36. The molecule has 0 amide bonds. The van der Waals surface area contributed by atoms with Crippen LogP contribution in [0.1, 0.15) is 5.69 Å². The van der Waals surface area contributed by atoms with E-state index in [0.29, 0.717) is 22.0 Å². The number of hydrogen-bond acceptors (Lipinski definition) is 3. The second kappa shape index (κ2) is 4.29. The van der Waals surface area contributed by atoms with Crippen LogP contribution in [-0.4, -0.2) is 15.3 Å². The Balaban J connectivity index is 3.05. The Morgan fingerprint density at radius 3 is 3.08 bits per heavy atom. The quantitative estimate of drug-likeness (QED) is 0.557. The number of nitrogen functional groups attached to an aromatic ring is 1. The van der Waals surface area contributed by atoms with E-state index < -0.39 is 0 Å². The first-order valence-electron chi connectivity index (χ1n) is 3.07. The Kier molecular flexibility index (Phi) is 3.32. The fourth-order valence-corrected chi connectivity index (χ4v) is 0.860.